The van der Waals surface area contributed by atoms with Crippen molar-refractivity contribution < 1.29 is 14.6 Å². The lowest BCUT2D eigenvalue weighted by Gasteiger charge is -2.08. The number of aromatic hydroxyl groups is 1. The number of phenols is 1. The van der Waals surface area contributed by atoms with Gasteiger partial charge in [-0.05, 0) is 30.0 Å². The summed E-state index contributed by atoms with van der Waals surface area (Å²) in [4.78, 5) is 29.9. The van der Waals surface area contributed by atoms with E-state index in [0.717, 1.165) is 0 Å². The van der Waals surface area contributed by atoms with E-state index in [4.69, 9.17) is 0 Å². The number of aromatic amines is 1. The first-order valence-electron chi connectivity index (χ1n) is 6.68. The maximum absolute atomic E-state index is 12.0. The number of nitrogens with zero attached hydrogens (tertiary/aromatic N) is 2. The number of carbonyl (C=O) groups is 1. The second kappa shape index (κ2) is 7.48. The molecule has 0 fully saturated rings. The summed E-state index contributed by atoms with van der Waals surface area (Å²) in [7, 11) is 1.26. The minimum Gasteiger partial charge on any atom is -0.507 e. The fourth-order valence-corrected chi connectivity index (χ4v) is 2.30. The molecule has 2 aromatic rings. The highest BCUT2D eigenvalue weighted by molar-refractivity contribution is 7.98. The van der Waals surface area contributed by atoms with Crippen LogP contribution < -0.4 is 5.56 Å². The van der Waals surface area contributed by atoms with Crippen LogP contribution >= 0.6 is 11.8 Å². The van der Waals surface area contributed by atoms with Gasteiger partial charge in [0, 0.05) is 11.6 Å². The largest absolute Gasteiger partial charge is 0.507 e. The number of nitriles is 1. The molecule has 0 aliphatic carbocycles. The third-order valence-corrected chi connectivity index (χ3v) is 3.67. The van der Waals surface area contributed by atoms with Crippen molar-refractivity contribution in [2.45, 2.75) is 5.16 Å². The number of phenolic OH excluding ortho intramolecular Hbond substituents is 1. The summed E-state index contributed by atoms with van der Waals surface area (Å²) in [5.74, 6) is -0.659. The van der Waals surface area contributed by atoms with Gasteiger partial charge in [0.05, 0.1) is 7.11 Å². The lowest BCUT2D eigenvalue weighted by atomic mass is 10.0. The molecule has 0 aliphatic heterocycles. The molecule has 1 heterocycles. The Labute approximate surface area is 141 Å². The van der Waals surface area contributed by atoms with Crippen LogP contribution in [0.15, 0.2) is 34.2 Å². The monoisotopic (exact) mass is 343 g/mol. The molecule has 0 amide bonds. The van der Waals surface area contributed by atoms with Crippen molar-refractivity contribution in [1.82, 2.24) is 9.97 Å². The number of ether oxygens (including phenoxy) is 1. The number of rotatable bonds is 4. The van der Waals surface area contributed by atoms with Crippen LogP contribution in [0.1, 0.15) is 11.1 Å². The van der Waals surface area contributed by atoms with Gasteiger partial charge in [0.15, 0.2) is 5.16 Å². The van der Waals surface area contributed by atoms with Crippen molar-refractivity contribution in [3.8, 4) is 23.1 Å². The highest BCUT2D eigenvalue weighted by Gasteiger charge is 2.16. The van der Waals surface area contributed by atoms with E-state index in [1.54, 1.807) is 18.4 Å². The van der Waals surface area contributed by atoms with E-state index in [1.165, 1.54) is 43.2 Å². The van der Waals surface area contributed by atoms with Crippen molar-refractivity contribution in [2.24, 2.45) is 0 Å². The molecule has 0 radical (unpaired) electrons. The molecule has 1 aromatic heterocycles. The molecule has 122 valence electrons. The second-order valence-electron chi connectivity index (χ2n) is 4.54. The van der Waals surface area contributed by atoms with E-state index in [-0.39, 0.29) is 22.6 Å². The average Bonchev–Trinajstić information content (AvgIpc) is 2.59. The molecular formula is C16H13N3O4S. The number of esters is 1. The fourth-order valence-electron chi connectivity index (χ4n) is 1.93. The van der Waals surface area contributed by atoms with Crippen LogP contribution in [0, 0.1) is 11.3 Å². The molecular weight excluding hydrogens is 330 g/mol. The van der Waals surface area contributed by atoms with Crippen LogP contribution in [-0.2, 0) is 9.53 Å². The van der Waals surface area contributed by atoms with Gasteiger partial charge in [0.1, 0.15) is 23.1 Å². The summed E-state index contributed by atoms with van der Waals surface area (Å²) < 4.78 is 4.51. The molecule has 8 heteroatoms. The van der Waals surface area contributed by atoms with Gasteiger partial charge >= 0.3 is 5.97 Å². The van der Waals surface area contributed by atoms with Crippen LogP contribution in [0.4, 0.5) is 0 Å². The Hall–Kier alpha value is -3.05. The summed E-state index contributed by atoms with van der Waals surface area (Å²) in [6.45, 7) is 0. The Bertz CT molecular complexity index is 913. The van der Waals surface area contributed by atoms with E-state index < -0.39 is 11.5 Å². The van der Waals surface area contributed by atoms with Gasteiger partial charge in [-0.2, -0.15) is 5.26 Å². The Balaban J connectivity index is 2.63. The summed E-state index contributed by atoms with van der Waals surface area (Å²) in [5.41, 5.74) is 0.0974. The third-order valence-electron chi connectivity index (χ3n) is 3.09. The number of H-pyrrole nitrogens is 1. The maximum atomic E-state index is 12.0. The number of hydrogen-bond acceptors (Lipinski definition) is 7. The zero-order valence-electron chi connectivity index (χ0n) is 12.9. The fraction of sp³-hybridized carbons (Fsp3) is 0.125. The third kappa shape index (κ3) is 3.64. The van der Waals surface area contributed by atoms with Crippen LogP contribution in [0.25, 0.3) is 17.3 Å². The standard InChI is InChI=1S/C16H13N3O4S/c1-23-13(21)6-4-9-3-5-12(20)10(7-9)14-11(8-17)15(22)19-16(18-14)24-2/h3-7,20H,1-2H3,(H,18,19,22). The molecule has 1 aromatic carbocycles. The SMILES string of the molecule is COC(=O)C=Cc1ccc(O)c(-c2nc(SC)[nH]c(=O)c2C#N)c1. The van der Waals surface area contributed by atoms with Crippen molar-refractivity contribution in [1.29, 1.82) is 5.26 Å². The molecule has 0 spiro atoms. The first-order valence-corrected chi connectivity index (χ1v) is 7.90. The number of nitrogens with one attached hydrogen (secondary N) is 1. The zero-order chi connectivity index (χ0) is 17.7. The quantitative estimate of drug-likeness (QED) is 0.377. The normalized spacial score (nSPS) is 10.5. The first kappa shape index (κ1) is 17.3. The summed E-state index contributed by atoms with van der Waals surface area (Å²) in [5, 5.41) is 19.6. The highest BCUT2D eigenvalue weighted by atomic mass is 32.2. The molecule has 0 saturated heterocycles. The van der Waals surface area contributed by atoms with Gasteiger partial charge in [-0.15, -0.1) is 0 Å². The number of benzene rings is 1. The maximum Gasteiger partial charge on any atom is 0.330 e. The molecule has 24 heavy (non-hydrogen) atoms. The van der Waals surface area contributed by atoms with E-state index in [9.17, 15) is 20.0 Å². The minimum atomic E-state index is -0.582. The van der Waals surface area contributed by atoms with E-state index >= 15 is 0 Å². The van der Waals surface area contributed by atoms with Crippen molar-refractivity contribution >= 4 is 23.8 Å². The predicted molar refractivity (Wildman–Crippen MR) is 89.5 cm³/mol. The number of hydrogen-bond donors (Lipinski definition) is 2. The van der Waals surface area contributed by atoms with Gasteiger partial charge in [-0.25, -0.2) is 9.78 Å². The molecule has 0 aliphatic rings. The molecule has 0 saturated carbocycles. The predicted octanol–water partition coefficient (Wildman–Crippen LogP) is 1.92. The van der Waals surface area contributed by atoms with Crippen LogP contribution in [0.3, 0.4) is 0 Å². The average molecular weight is 343 g/mol. The van der Waals surface area contributed by atoms with Crippen LogP contribution in [0.2, 0.25) is 0 Å². The van der Waals surface area contributed by atoms with Gasteiger partial charge in [-0.3, -0.25) is 4.79 Å². The number of methoxy groups -OCH3 is 1. The molecule has 0 unspecified atom stereocenters. The van der Waals surface area contributed by atoms with Gasteiger partial charge in [0.25, 0.3) is 5.56 Å². The lowest BCUT2D eigenvalue weighted by Crippen LogP contribution is -2.14. The Morgan fingerprint density at radius 3 is 2.88 bits per heavy atom. The number of carbonyl (C=O) groups excluding carboxylic acids is 1. The van der Waals surface area contributed by atoms with Crippen molar-refractivity contribution in [3.63, 3.8) is 0 Å². The summed E-state index contributed by atoms with van der Waals surface area (Å²) in [6, 6.07) is 6.30. The smallest absolute Gasteiger partial charge is 0.330 e. The van der Waals surface area contributed by atoms with Crippen molar-refractivity contribution in [3.05, 3.63) is 45.8 Å². The zero-order valence-corrected chi connectivity index (χ0v) is 13.7. The summed E-state index contributed by atoms with van der Waals surface area (Å²) in [6.07, 6.45) is 4.44. The van der Waals surface area contributed by atoms with E-state index in [2.05, 4.69) is 14.7 Å². The molecule has 0 bridgehead atoms. The second-order valence-corrected chi connectivity index (χ2v) is 5.34. The Morgan fingerprint density at radius 1 is 1.50 bits per heavy atom. The van der Waals surface area contributed by atoms with Crippen molar-refractivity contribution in [2.75, 3.05) is 13.4 Å². The minimum absolute atomic E-state index is 0.0800. The highest BCUT2D eigenvalue weighted by Crippen LogP contribution is 2.31. The van der Waals surface area contributed by atoms with Gasteiger partial charge < -0.3 is 14.8 Å². The number of thioether (sulfide) groups is 1. The molecule has 2 rings (SSSR count). The van der Waals surface area contributed by atoms with Gasteiger partial charge in [0.2, 0.25) is 0 Å². The van der Waals surface area contributed by atoms with Gasteiger partial charge in [-0.1, -0.05) is 17.8 Å². The molecule has 0 atom stereocenters. The first-order chi connectivity index (χ1) is 11.5. The van der Waals surface area contributed by atoms with E-state index in [1.807, 2.05) is 0 Å². The molecule has 2 N–H and O–H groups in total. The van der Waals surface area contributed by atoms with E-state index in [0.29, 0.717) is 10.7 Å². The Morgan fingerprint density at radius 2 is 2.25 bits per heavy atom. The van der Waals surface area contributed by atoms with Crippen LogP contribution in [-0.4, -0.2) is 34.4 Å². The van der Waals surface area contributed by atoms with Crippen LogP contribution in [0.5, 0.6) is 5.75 Å². The molecule has 7 nitrogen and oxygen atoms in total. The lowest BCUT2D eigenvalue weighted by molar-refractivity contribution is -0.134. The topological polar surface area (TPSA) is 116 Å². The summed E-state index contributed by atoms with van der Waals surface area (Å²) >= 11 is 1.21. The number of aromatic nitrogens is 2. The Kier molecular flexibility index (Phi) is 5.39.